The van der Waals surface area contributed by atoms with Gasteiger partial charge in [0, 0.05) is 18.8 Å². The van der Waals surface area contributed by atoms with Crippen LogP contribution >= 0.6 is 11.6 Å². The summed E-state index contributed by atoms with van der Waals surface area (Å²) >= 11 is 5.97. The SMILES string of the molecule is CCCCOCCNc1cc(Cl)c(N)cc1C. The van der Waals surface area contributed by atoms with Gasteiger partial charge in [0.15, 0.2) is 0 Å². The Balaban J connectivity index is 2.34. The predicted molar refractivity (Wildman–Crippen MR) is 74.8 cm³/mol. The molecule has 0 aliphatic rings. The number of hydrogen-bond acceptors (Lipinski definition) is 3. The molecule has 1 aromatic carbocycles. The molecule has 0 fully saturated rings. The van der Waals surface area contributed by atoms with Crippen LogP contribution in [0.5, 0.6) is 0 Å². The number of hydrogen-bond donors (Lipinski definition) is 2. The van der Waals surface area contributed by atoms with Crippen molar-refractivity contribution in [3.8, 4) is 0 Å². The molecule has 3 nitrogen and oxygen atoms in total. The minimum Gasteiger partial charge on any atom is -0.398 e. The first-order valence-corrected chi connectivity index (χ1v) is 6.40. The molecule has 0 spiro atoms. The second-order valence-electron chi connectivity index (χ2n) is 4.08. The van der Waals surface area contributed by atoms with E-state index in [1.54, 1.807) is 0 Å². The summed E-state index contributed by atoms with van der Waals surface area (Å²) in [6.45, 7) is 6.49. The zero-order chi connectivity index (χ0) is 12.7. The van der Waals surface area contributed by atoms with Crippen LogP contribution in [0, 0.1) is 6.92 Å². The fraction of sp³-hybridized carbons (Fsp3) is 0.538. The van der Waals surface area contributed by atoms with Crippen LogP contribution in [-0.2, 0) is 4.74 Å². The summed E-state index contributed by atoms with van der Waals surface area (Å²) in [5.74, 6) is 0. The van der Waals surface area contributed by atoms with Gasteiger partial charge in [-0.3, -0.25) is 0 Å². The van der Waals surface area contributed by atoms with Gasteiger partial charge in [-0.05, 0) is 31.0 Å². The number of ether oxygens (including phenoxy) is 1. The highest BCUT2D eigenvalue weighted by molar-refractivity contribution is 6.33. The summed E-state index contributed by atoms with van der Waals surface area (Å²) in [6, 6.07) is 3.74. The molecule has 0 unspecified atom stereocenters. The first kappa shape index (κ1) is 14.1. The number of unbranched alkanes of at least 4 members (excludes halogenated alkanes) is 1. The third-order valence-corrected chi connectivity index (χ3v) is 2.88. The van der Waals surface area contributed by atoms with E-state index in [-0.39, 0.29) is 0 Å². The molecular weight excluding hydrogens is 236 g/mol. The number of halogens is 1. The number of aryl methyl sites for hydroxylation is 1. The van der Waals surface area contributed by atoms with Crippen molar-refractivity contribution < 1.29 is 4.74 Å². The first-order chi connectivity index (χ1) is 8.15. The number of nitrogens with one attached hydrogen (secondary N) is 1. The maximum absolute atomic E-state index is 5.97. The molecule has 0 radical (unpaired) electrons. The topological polar surface area (TPSA) is 47.3 Å². The summed E-state index contributed by atoms with van der Waals surface area (Å²) in [6.07, 6.45) is 2.28. The van der Waals surface area contributed by atoms with Crippen LogP contribution in [0.1, 0.15) is 25.3 Å². The van der Waals surface area contributed by atoms with Gasteiger partial charge < -0.3 is 15.8 Å². The molecule has 4 heteroatoms. The smallest absolute Gasteiger partial charge is 0.0656 e. The van der Waals surface area contributed by atoms with Gasteiger partial charge in [-0.2, -0.15) is 0 Å². The average Bonchev–Trinajstić information content (AvgIpc) is 2.30. The van der Waals surface area contributed by atoms with Crippen molar-refractivity contribution in [1.29, 1.82) is 0 Å². The first-order valence-electron chi connectivity index (χ1n) is 6.02. The normalized spacial score (nSPS) is 10.5. The van der Waals surface area contributed by atoms with Gasteiger partial charge in [0.1, 0.15) is 0 Å². The zero-order valence-corrected chi connectivity index (χ0v) is 11.3. The number of nitrogen functional groups attached to an aromatic ring is 1. The molecule has 96 valence electrons. The standard InChI is InChI=1S/C13H21ClN2O/c1-3-4-6-17-7-5-16-13-9-11(14)12(15)8-10(13)2/h8-9,16H,3-7,15H2,1-2H3. The largest absolute Gasteiger partial charge is 0.398 e. The van der Waals surface area contributed by atoms with Gasteiger partial charge in [-0.1, -0.05) is 24.9 Å². The summed E-state index contributed by atoms with van der Waals surface area (Å²) < 4.78 is 5.47. The zero-order valence-electron chi connectivity index (χ0n) is 10.6. The Hall–Kier alpha value is -0.930. The average molecular weight is 257 g/mol. The number of anilines is 2. The van der Waals surface area contributed by atoms with Crippen LogP contribution in [0.2, 0.25) is 5.02 Å². The third-order valence-electron chi connectivity index (χ3n) is 2.55. The van der Waals surface area contributed by atoms with E-state index in [1.165, 1.54) is 6.42 Å². The van der Waals surface area contributed by atoms with Crippen molar-refractivity contribution in [2.75, 3.05) is 30.8 Å². The quantitative estimate of drug-likeness (QED) is 0.580. The third kappa shape index (κ3) is 4.84. The van der Waals surface area contributed by atoms with E-state index in [1.807, 2.05) is 19.1 Å². The van der Waals surface area contributed by atoms with Gasteiger partial charge >= 0.3 is 0 Å². The molecule has 0 atom stereocenters. The van der Waals surface area contributed by atoms with Crippen molar-refractivity contribution in [1.82, 2.24) is 0 Å². The minimum atomic E-state index is 0.588. The van der Waals surface area contributed by atoms with E-state index >= 15 is 0 Å². The molecule has 0 heterocycles. The molecule has 3 N–H and O–H groups in total. The van der Waals surface area contributed by atoms with Gasteiger partial charge in [-0.15, -0.1) is 0 Å². The lowest BCUT2D eigenvalue weighted by atomic mass is 10.2. The molecule has 0 bridgehead atoms. The Kier molecular flexibility index (Phi) is 6.16. The lowest BCUT2D eigenvalue weighted by Gasteiger charge is -2.11. The molecule has 17 heavy (non-hydrogen) atoms. The number of nitrogens with two attached hydrogens (primary N) is 1. The summed E-state index contributed by atoms with van der Waals surface area (Å²) in [5.41, 5.74) is 8.45. The van der Waals surface area contributed by atoms with E-state index in [2.05, 4.69) is 12.2 Å². The molecular formula is C13H21ClN2O. The number of rotatable bonds is 7. The second-order valence-corrected chi connectivity index (χ2v) is 4.49. The highest BCUT2D eigenvalue weighted by atomic mass is 35.5. The monoisotopic (exact) mass is 256 g/mol. The van der Waals surface area contributed by atoms with Gasteiger partial charge in [-0.25, -0.2) is 0 Å². The van der Waals surface area contributed by atoms with E-state index in [4.69, 9.17) is 22.1 Å². The van der Waals surface area contributed by atoms with Crippen LogP contribution in [0.25, 0.3) is 0 Å². The Labute approximate surface area is 108 Å². The summed E-state index contributed by atoms with van der Waals surface area (Å²) in [4.78, 5) is 0. The summed E-state index contributed by atoms with van der Waals surface area (Å²) in [7, 11) is 0. The molecule has 0 amide bonds. The lowest BCUT2D eigenvalue weighted by Crippen LogP contribution is -2.11. The fourth-order valence-corrected chi connectivity index (χ4v) is 1.66. The Bertz CT molecular complexity index is 356. The summed E-state index contributed by atoms with van der Waals surface area (Å²) in [5, 5.41) is 3.88. The van der Waals surface area contributed by atoms with Crippen LogP contribution in [0.15, 0.2) is 12.1 Å². The van der Waals surface area contributed by atoms with Gasteiger partial charge in [0.25, 0.3) is 0 Å². The van der Waals surface area contributed by atoms with Crippen molar-refractivity contribution >= 4 is 23.0 Å². The van der Waals surface area contributed by atoms with Crippen molar-refractivity contribution in [3.05, 3.63) is 22.7 Å². The molecule has 1 aromatic rings. The lowest BCUT2D eigenvalue weighted by molar-refractivity contribution is 0.141. The maximum atomic E-state index is 5.97. The molecule has 0 aliphatic heterocycles. The van der Waals surface area contributed by atoms with Crippen molar-refractivity contribution in [2.45, 2.75) is 26.7 Å². The Morgan fingerprint density at radius 3 is 2.82 bits per heavy atom. The van der Waals surface area contributed by atoms with Crippen molar-refractivity contribution in [2.24, 2.45) is 0 Å². The Morgan fingerprint density at radius 2 is 2.12 bits per heavy atom. The van der Waals surface area contributed by atoms with Crippen LogP contribution < -0.4 is 11.1 Å². The molecule has 0 saturated carbocycles. The predicted octanol–water partition coefficient (Wildman–Crippen LogP) is 3.46. The van der Waals surface area contributed by atoms with Crippen LogP contribution in [0.4, 0.5) is 11.4 Å². The maximum Gasteiger partial charge on any atom is 0.0656 e. The molecule has 1 rings (SSSR count). The minimum absolute atomic E-state index is 0.588. The highest BCUT2D eigenvalue weighted by Gasteiger charge is 2.02. The van der Waals surface area contributed by atoms with Crippen LogP contribution in [-0.4, -0.2) is 19.8 Å². The molecule has 0 saturated heterocycles. The number of benzene rings is 1. The second kappa shape index (κ2) is 7.41. The van der Waals surface area contributed by atoms with E-state index < -0.39 is 0 Å². The van der Waals surface area contributed by atoms with Crippen molar-refractivity contribution in [3.63, 3.8) is 0 Å². The van der Waals surface area contributed by atoms with E-state index in [0.717, 1.165) is 30.8 Å². The molecule has 0 aliphatic carbocycles. The fourth-order valence-electron chi connectivity index (χ4n) is 1.50. The van der Waals surface area contributed by atoms with E-state index in [0.29, 0.717) is 17.3 Å². The van der Waals surface area contributed by atoms with Gasteiger partial charge in [0.05, 0.1) is 17.3 Å². The molecule has 0 aromatic heterocycles. The Morgan fingerprint density at radius 1 is 1.35 bits per heavy atom. The highest BCUT2D eigenvalue weighted by Crippen LogP contribution is 2.26. The van der Waals surface area contributed by atoms with Gasteiger partial charge in [0.2, 0.25) is 0 Å². The van der Waals surface area contributed by atoms with Crippen LogP contribution in [0.3, 0.4) is 0 Å². The van der Waals surface area contributed by atoms with E-state index in [9.17, 15) is 0 Å².